The molecule has 124 valence electrons. The van der Waals surface area contributed by atoms with Gasteiger partial charge in [0.05, 0.1) is 6.61 Å². The molecular weight excluding hydrogens is 300 g/mol. The first-order chi connectivity index (χ1) is 10.6. The number of carbonyl (C=O) groups excluding carboxylic acids is 1. The van der Waals surface area contributed by atoms with Crippen molar-refractivity contribution in [3.8, 4) is 0 Å². The highest BCUT2D eigenvalue weighted by Gasteiger charge is 2.09. The van der Waals surface area contributed by atoms with Crippen molar-refractivity contribution >= 4 is 22.5 Å². The fraction of sp³-hybridized carbons (Fsp3) is 0.562. The van der Waals surface area contributed by atoms with Gasteiger partial charge in [-0.2, -0.15) is 0 Å². The van der Waals surface area contributed by atoms with Crippen LogP contribution in [-0.4, -0.2) is 35.8 Å². The molecule has 6 heteroatoms. The lowest BCUT2D eigenvalue weighted by molar-refractivity contribution is 0.218. The van der Waals surface area contributed by atoms with Gasteiger partial charge in [-0.15, -0.1) is 0 Å². The molecule has 0 radical (unpaired) electrons. The molecule has 1 atom stereocenters. The normalized spacial score (nSPS) is 12.2. The Kier molecular flexibility index (Phi) is 8.77. The zero-order chi connectivity index (χ0) is 16.4. The number of benzene rings is 1. The lowest BCUT2D eigenvalue weighted by atomic mass is 10.2. The minimum atomic E-state index is -0.957. The van der Waals surface area contributed by atoms with E-state index < -0.39 is 10.8 Å². The predicted molar refractivity (Wildman–Crippen MR) is 91.6 cm³/mol. The fourth-order valence-electron chi connectivity index (χ4n) is 2.02. The first kappa shape index (κ1) is 18.6. The van der Waals surface area contributed by atoms with Gasteiger partial charge in [0.15, 0.2) is 0 Å². The summed E-state index contributed by atoms with van der Waals surface area (Å²) in [6.45, 7) is 4.58. The maximum absolute atomic E-state index is 11.9. The standard InChI is InChI=1S/C16H26N2O3S/c1-4-14(5-2)17-16(19)18-15-8-6-7-13(11-15)12-22(20)10-9-21-3/h6-8,11,14H,4-5,9-10,12H2,1-3H3,(H2,17,18,19)/t22-/m1/s1. The van der Waals surface area contributed by atoms with Crippen molar-refractivity contribution in [3.63, 3.8) is 0 Å². The molecule has 1 rings (SSSR count). The highest BCUT2D eigenvalue weighted by atomic mass is 32.2. The van der Waals surface area contributed by atoms with Gasteiger partial charge >= 0.3 is 6.03 Å². The second-order valence-corrected chi connectivity index (χ2v) is 6.67. The number of amides is 2. The van der Waals surface area contributed by atoms with Crippen molar-refractivity contribution in [1.29, 1.82) is 0 Å². The van der Waals surface area contributed by atoms with E-state index in [1.165, 1.54) is 0 Å². The van der Waals surface area contributed by atoms with Crippen LogP contribution in [0.15, 0.2) is 24.3 Å². The van der Waals surface area contributed by atoms with Crippen LogP contribution >= 0.6 is 0 Å². The van der Waals surface area contributed by atoms with Gasteiger partial charge in [-0.05, 0) is 30.5 Å². The smallest absolute Gasteiger partial charge is 0.319 e. The molecule has 0 fully saturated rings. The zero-order valence-electron chi connectivity index (χ0n) is 13.6. The number of hydrogen-bond acceptors (Lipinski definition) is 3. The molecule has 1 aromatic carbocycles. The first-order valence-corrected chi connectivity index (χ1v) is 9.08. The minimum Gasteiger partial charge on any atom is -0.384 e. The maximum Gasteiger partial charge on any atom is 0.319 e. The third kappa shape index (κ3) is 7.04. The monoisotopic (exact) mass is 326 g/mol. The lowest BCUT2D eigenvalue weighted by Crippen LogP contribution is -2.37. The molecule has 0 saturated carbocycles. The van der Waals surface area contributed by atoms with Crippen LogP contribution in [0.4, 0.5) is 10.5 Å². The van der Waals surface area contributed by atoms with Crippen LogP contribution in [0.3, 0.4) is 0 Å². The van der Waals surface area contributed by atoms with E-state index in [9.17, 15) is 9.00 Å². The molecule has 0 aliphatic carbocycles. The molecule has 1 aromatic rings. The van der Waals surface area contributed by atoms with E-state index in [-0.39, 0.29) is 12.1 Å². The van der Waals surface area contributed by atoms with E-state index in [0.717, 1.165) is 18.4 Å². The molecule has 0 heterocycles. The third-order valence-electron chi connectivity index (χ3n) is 3.35. The summed E-state index contributed by atoms with van der Waals surface area (Å²) in [6, 6.07) is 7.44. The van der Waals surface area contributed by atoms with Crippen LogP contribution in [0.1, 0.15) is 32.3 Å². The van der Waals surface area contributed by atoms with Crippen LogP contribution in [0, 0.1) is 0 Å². The molecule has 2 amide bonds. The summed E-state index contributed by atoms with van der Waals surface area (Å²) in [7, 11) is 0.640. The van der Waals surface area contributed by atoms with Crippen molar-refractivity contribution in [2.75, 3.05) is 24.8 Å². The molecule has 0 bridgehead atoms. The molecule has 0 aliphatic heterocycles. The number of carbonyl (C=O) groups is 1. The Hall–Kier alpha value is -1.40. The number of ether oxygens (including phenoxy) is 1. The molecular formula is C16H26N2O3S. The van der Waals surface area contributed by atoms with Crippen LogP contribution < -0.4 is 10.6 Å². The topological polar surface area (TPSA) is 67.4 Å². The van der Waals surface area contributed by atoms with Crippen molar-refractivity contribution in [1.82, 2.24) is 5.32 Å². The third-order valence-corrected chi connectivity index (χ3v) is 4.63. The van der Waals surface area contributed by atoms with Crippen molar-refractivity contribution in [2.45, 2.75) is 38.5 Å². The van der Waals surface area contributed by atoms with E-state index in [1.807, 2.05) is 38.1 Å². The van der Waals surface area contributed by atoms with Gasteiger partial charge < -0.3 is 15.4 Å². The number of hydrogen-bond donors (Lipinski definition) is 2. The molecule has 0 aromatic heterocycles. The van der Waals surface area contributed by atoms with Crippen molar-refractivity contribution in [2.24, 2.45) is 0 Å². The van der Waals surface area contributed by atoms with Gasteiger partial charge in [0.25, 0.3) is 0 Å². The van der Waals surface area contributed by atoms with E-state index in [2.05, 4.69) is 10.6 Å². The zero-order valence-corrected chi connectivity index (χ0v) is 14.4. The van der Waals surface area contributed by atoms with Crippen LogP contribution in [-0.2, 0) is 21.3 Å². The van der Waals surface area contributed by atoms with Gasteiger partial charge in [0.2, 0.25) is 0 Å². The molecule has 5 nitrogen and oxygen atoms in total. The van der Waals surface area contributed by atoms with Crippen LogP contribution in [0.2, 0.25) is 0 Å². The molecule has 22 heavy (non-hydrogen) atoms. The Bertz CT molecular complexity index is 490. The van der Waals surface area contributed by atoms with E-state index in [0.29, 0.717) is 23.8 Å². The summed E-state index contributed by atoms with van der Waals surface area (Å²) in [5, 5.41) is 5.75. The van der Waals surface area contributed by atoms with E-state index in [1.54, 1.807) is 7.11 Å². The Labute approximate surface area is 135 Å². The summed E-state index contributed by atoms with van der Waals surface area (Å²) in [6.07, 6.45) is 1.81. The number of methoxy groups -OCH3 is 1. The number of urea groups is 1. The maximum atomic E-state index is 11.9. The minimum absolute atomic E-state index is 0.185. The predicted octanol–water partition coefficient (Wildman–Crippen LogP) is 2.89. The molecule has 0 saturated heterocycles. The highest BCUT2D eigenvalue weighted by Crippen LogP contribution is 2.12. The van der Waals surface area contributed by atoms with E-state index >= 15 is 0 Å². The van der Waals surface area contributed by atoms with E-state index in [4.69, 9.17) is 4.74 Å². The average Bonchev–Trinajstić information content (AvgIpc) is 2.50. The number of rotatable bonds is 9. The summed E-state index contributed by atoms with van der Waals surface area (Å²) in [5.74, 6) is 0.983. The number of nitrogens with one attached hydrogen (secondary N) is 2. The Morgan fingerprint density at radius 2 is 2.05 bits per heavy atom. The van der Waals surface area contributed by atoms with Gasteiger partial charge in [-0.3, -0.25) is 4.21 Å². The van der Waals surface area contributed by atoms with Crippen molar-refractivity contribution < 1.29 is 13.7 Å². The molecule has 0 unspecified atom stereocenters. The molecule has 0 spiro atoms. The Morgan fingerprint density at radius 3 is 2.68 bits per heavy atom. The van der Waals surface area contributed by atoms with Gasteiger partial charge in [0, 0.05) is 41.1 Å². The quantitative estimate of drug-likeness (QED) is 0.733. The lowest BCUT2D eigenvalue weighted by Gasteiger charge is -2.15. The first-order valence-electron chi connectivity index (χ1n) is 7.59. The summed E-state index contributed by atoms with van der Waals surface area (Å²) >= 11 is 0. The van der Waals surface area contributed by atoms with Crippen LogP contribution in [0.5, 0.6) is 0 Å². The Balaban J connectivity index is 2.56. The summed E-state index contributed by atoms with van der Waals surface area (Å²) in [5.41, 5.74) is 1.65. The fourth-order valence-corrected chi connectivity index (χ4v) is 3.07. The van der Waals surface area contributed by atoms with Gasteiger partial charge in [0.1, 0.15) is 0 Å². The molecule has 2 N–H and O–H groups in total. The van der Waals surface area contributed by atoms with Crippen molar-refractivity contribution in [3.05, 3.63) is 29.8 Å². The van der Waals surface area contributed by atoms with Gasteiger partial charge in [-0.1, -0.05) is 26.0 Å². The Morgan fingerprint density at radius 1 is 1.32 bits per heavy atom. The average molecular weight is 326 g/mol. The van der Waals surface area contributed by atoms with Crippen LogP contribution in [0.25, 0.3) is 0 Å². The molecule has 0 aliphatic rings. The van der Waals surface area contributed by atoms with Gasteiger partial charge in [-0.25, -0.2) is 4.79 Å². The summed E-state index contributed by atoms with van der Waals surface area (Å²) in [4.78, 5) is 11.9. The largest absolute Gasteiger partial charge is 0.384 e. The number of anilines is 1. The second-order valence-electron chi connectivity index (χ2n) is 5.09. The second kappa shape index (κ2) is 10.3. The SMILES string of the molecule is CCC(CC)NC(=O)Nc1cccc(C[S@](=O)CCOC)c1. The summed E-state index contributed by atoms with van der Waals surface area (Å²) < 4.78 is 16.8. The highest BCUT2D eigenvalue weighted by molar-refractivity contribution is 7.84.